The molecule has 0 amide bonds. The molecule has 0 saturated carbocycles. The van der Waals surface area contributed by atoms with Crippen LogP contribution in [0.3, 0.4) is 0 Å². The van der Waals surface area contributed by atoms with E-state index in [1.54, 1.807) is 0 Å². The Labute approximate surface area is 62.3 Å². The van der Waals surface area contributed by atoms with Gasteiger partial charge in [0.1, 0.15) is 0 Å². The van der Waals surface area contributed by atoms with Crippen LogP contribution >= 0.6 is 0 Å². The van der Waals surface area contributed by atoms with Gasteiger partial charge in [0.05, 0.1) is 0 Å². The Morgan fingerprint density at radius 1 is 1.40 bits per heavy atom. The highest BCUT2D eigenvalue weighted by molar-refractivity contribution is 5.01. The molecule has 1 aromatic rings. The minimum Gasteiger partial charge on any atom is -0.203 e. The van der Waals surface area contributed by atoms with Gasteiger partial charge >= 0.3 is 0 Å². The number of rotatable bonds is 1. The normalized spacial score (nSPS) is 10.4. The SMILES string of the molecule is Cc1ccc[n+](C(C)C)c1. The van der Waals surface area contributed by atoms with Crippen molar-refractivity contribution in [1.82, 2.24) is 0 Å². The van der Waals surface area contributed by atoms with E-state index in [0.29, 0.717) is 6.04 Å². The van der Waals surface area contributed by atoms with Crippen LogP contribution < -0.4 is 4.57 Å². The molecule has 0 aliphatic heterocycles. The molecule has 0 saturated heterocycles. The van der Waals surface area contributed by atoms with Gasteiger partial charge in [-0.05, 0) is 26.8 Å². The predicted octanol–water partition coefficient (Wildman–Crippen LogP) is 1.86. The second kappa shape index (κ2) is 2.82. The van der Waals surface area contributed by atoms with Gasteiger partial charge in [-0.15, -0.1) is 0 Å². The highest BCUT2D eigenvalue weighted by Gasteiger charge is 2.02. The number of nitrogens with zero attached hydrogens (tertiary/aromatic N) is 1. The van der Waals surface area contributed by atoms with E-state index in [2.05, 4.69) is 49.9 Å². The lowest BCUT2D eigenvalue weighted by Crippen LogP contribution is -2.35. The highest BCUT2D eigenvalue weighted by atomic mass is 15.0. The van der Waals surface area contributed by atoms with Crippen molar-refractivity contribution in [3.8, 4) is 0 Å². The number of hydrogen-bond donors (Lipinski definition) is 0. The largest absolute Gasteiger partial charge is 0.203 e. The number of pyridine rings is 1. The zero-order valence-electron chi connectivity index (χ0n) is 6.83. The fraction of sp³-hybridized carbons (Fsp3) is 0.444. The van der Waals surface area contributed by atoms with Crippen LogP contribution in [-0.2, 0) is 0 Å². The molecule has 1 nitrogen and oxygen atoms in total. The fourth-order valence-electron chi connectivity index (χ4n) is 0.937. The molecule has 0 radical (unpaired) electrons. The number of aryl methyl sites for hydroxylation is 1. The first kappa shape index (κ1) is 7.26. The van der Waals surface area contributed by atoms with Crippen molar-refractivity contribution in [2.45, 2.75) is 26.8 Å². The molecule has 0 bridgehead atoms. The van der Waals surface area contributed by atoms with Gasteiger partial charge in [-0.1, -0.05) is 0 Å². The van der Waals surface area contributed by atoms with Crippen LogP contribution in [0, 0.1) is 6.92 Å². The smallest absolute Gasteiger partial charge is 0.171 e. The summed E-state index contributed by atoms with van der Waals surface area (Å²) < 4.78 is 2.20. The fourth-order valence-corrected chi connectivity index (χ4v) is 0.937. The Balaban J connectivity index is 2.96. The summed E-state index contributed by atoms with van der Waals surface area (Å²) in [6.07, 6.45) is 4.25. The average molecular weight is 136 g/mol. The molecular formula is C9H14N+. The Bertz CT molecular complexity index is 216. The van der Waals surface area contributed by atoms with E-state index >= 15 is 0 Å². The molecule has 10 heavy (non-hydrogen) atoms. The average Bonchev–Trinajstić information content (AvgIpc) is 1.88. The molecule has 0 spiro atoms. The molecule has 1 aromatic heterocycles. The Morgan fingerprint density at radius 2 is 2.10 bits per heavy atom. The number of hydrogen-bond acceptors (Lipinski definition) is 0. The third-order valence-corrected chi connectivity index (χ3v) is 1.57. The minimum absolute atomic E-state index is 0.569. The number of aromatic nitrogens is 1. The molecular weight excluding hydrogens is 122 g/mol. The Morgan fingerprint density at radius 3 is 2.50 bits per heavy atom. The molecule has 1 rings (SSSR count). The second-order valence-corrected chi connectivity index (χ2v) is 2.92. The molecule has 1 heterocycles. The molecule has 0 aliphatic rings. The van der Waals surface area contributed by atoms with E-state index in [-0.39, 0.29) is 0 Å². The van der Waals surface area contributed by atoms with Crippen LogP contribution in [0.2, 0.25) is 0 Å². The van der Waals surface area contributed by atoms with Crippen molar-refractivity contribution >= 4 is 0 Å². The van der Waals surface area contributed by atoms with Crippen molar-refractivity contribution < 1.29 is 4.57 Å². The minimum atomic E-state index is 0.569. The van der Waals surface area contributed by atoms with E-state index in [1.807, 2.05) is 0 Å². The van der Waals surface area contributed by atoms with Gasteiger partial charge in [0.2, 0.25) is 0 Å². The third-order valence-electron chi connectivity index (χ3n) is 1.57. The van der Waals surface area contributed by atoms with Crippen molar-refractivity contribution in [3.63, 3.8) is 0 Å². The van der Waals surface area contributed by atoms with Crippen molar-refractivity contribution in [3.05, 3.63) is 30.1 Å². The Hall–Kier alpha value is -0.850. The standard InChI is InChI=1S/C9H14N/c1-8(2)10-6-4-5-9(3)7-10/h4-8H,1-3H3/q+1. The van der Waals surface area contributed by atoms with Gasteiger partial charge < -0.3 is 0 Å². The maximum absolute atomic E-state index is 2.20. The summed E-state index contributed by atoms with van der Waals surface area (Å²) in [5, 5.41) is 0. The van der Waals surface area contributed by atoms with E-state index in [9.17, 15) is 0 Å². The van der Waals surface area contributed by atoms with Crippen LogP contribution in [0.1, 0.15) is 25.5 Å². The Kier molecular flexibility index (Phi) is 2.05. The molecule has 1 heteroatoms. The third kappa shape index (κ3) is 1.56. The molecule has 0 aromatic carbocycles. The summed E-state index contributed by atoms with van der Waals surface area (Å²) >= 11 is 0. The monoisotopic (exact) mass is 136 g/mol. The van der Waals surface area contributed by atoms with Crippen LogP contribution in [0.5, 0.6) is 0 Å². The summed E-state index contributed by atoms with van der Waals surface area (Å²) in [7, 11) is 0. The summed E-state index contributed by atoms with van der Waals surface area (Å²) in [6, 6.07) is 4.76. The summed E-state index contributed by atoms with van der Waals surface area (Å²) in [6.45, 7) is 6.47. The first-order chi connectivity index (χ1) is 4.70. The molecule has 0 fully saturated rings. The molecule has 0 atom stereocenters. The zero-order valence-corrected chi connectivity index (χ0v) is 6.83. The van der Waals surface area contributed by atoms with Crippen LogP contribution in [0.4, 0.5) is 0 Å². The van der Waals surface area contributed by atoms with Crippen molar-refractivity contribution in [1.29, 1.82) is 0 Å². The lowest BCUT2D eigenvalue weighted by molar-refractivity contribution is -0.716. The van der Waals surface area contributed by atoms with Gasteiger partial charge in [0, 0.05) is 11.6 Å². The van der Waals surface area contributed by atoms with Crippen molar-refractivity contribution in [2.75, 3.05) is 0 Å². The first-order valence-electron chi connectivity index (χ1n) is 3.67. The maximum Gasteiger partial charge on any atom is 0.171 e. The van der Waals surface area contributed by atoms with E-state index in [1.165, 1.54) is 5.56 Å². The predicted molar refractivity (Wildman–Crippen MR) is 41.8 cm³/mol. The lowest BCUT2D eigenvalue weighted by Gasteiger charge is -1.98. The molecule has 0 aliphatic carbocycles. The van der Waals surface area contributed by atoms with Crippen LogP contribution in [0.15, 0.2) is 24.5 Å². The second-order valence-electron chi connectivity index (χ2n) is 2.92. The summed E-state index contributed by atoms with van der Waals surface area (Å²) in [5.74, 6) is 0. The zero-order chi connectivity index (χ0) is 7.56. The van der Waals surface area contributed by atoms with Crippen LogP contribution in [0.25, 0.3) is 0 Å². The highest BCUT2D eigenvalue weighted by Crippen LogP contribution is 1.94. The quantitative estimate of drug-likeness (QED) is 0.519. The maximum atomic E-state index is 2.20. The summed E-state index contributed by atoms with van der Waals surface area (Å²) in [5.41, 5.74) is 1.32. The van der Waals surface area contributed by atoms with Gasteiger partial charge in [0.25, 0.3) is 0 Å². The van der Waals surface area contributed by atoms with Crippen molar-refractivity contribution in [2.24, 2.45) is 0 Å². The van der Waals surface area contributed by atoms with Gasteiger partial charge in [-0.2, -0.15) is 0 Å². The molecule has 0 unspecified atom stereocenters. The first-order valence-corrected chi connectivity index (χ1v) is 3.67. The van der Waals surface area contributed by atoms with Gasteiger partial charge in [-0.25, -0.2) is 4.57 Å². The lowest BCUT2D eigenvalue weighted by atomic mass is 10.3. The van der Waals surface area contributed by atoms with E-state index in [4.69, 9.17) is 0 Å². The van der Waals surface area contributed by atoms with Gasteiger partial charge in [-0.3, -0.25) is 0 Å². The van der Waals surface area contributed by atoms with Crippen LogP contribution in [-0.4, -0.2) is 0 Å². The topological polar surface area (TPSA) is 3.88 Å². The summed E-state index contributed by atoms with van der Waals surface area (Å²) in [4.78, 5) is 0. The van der Waals surface area contributed by atoms with E-state index in [0.717, 1.165) is 0 Å². The van der Waals surface area contributed by atoms with Gasteiger partial charge in [0.15, 0.2) is 18.4 Å². The van der Waals surface area contributed by atoms with E-state index < -0.39 is 0 Å². The molecule has 0 N–H and O–H groups in total. The molecule has 54 valence electrons.